The maximum atomic E-state index is 13.5. The third-order valence-corrected chi connectivity index (χ3v) is 3.84. The third-order valence-electron chi connectivity index (χ3n) is 3.84. The first kappa shape index (κ1) is 17.6. The lowest BCUT2D eigenvalue weighted by Gasteiger charge is -2.13. The summed E-state index contributed by atoms with van der Waals surface area (Å²) in [7, 11) is 0. The van der Waals surface area contributed by atoms with Crippen LogP contribution < -0.4 is 4.74 Å². The predicted octanol–water partition coefficient (Wildman–Crippen LogP) is 4.84. The monoisotopic (exact) mass is 354 g/mol. The molecular weight excluding hydrogens is 338 g/mol. The molecule has 3 aromatic rings. The lowest BCUT2D eigenvalue weighted by atomic mass is 10.0. The fraction of sp³-hybridized carbons (Fsp3) is 0.0952. The van der Waals surface area contributed by atoms with Crippen LogP contribution in [-0.4, -0.2) is 11.1 Å². The number of ether oxygens (including phenoxy) is 1. The molecule has 0 aliphatic carbocycles. The molecule has 0 aliphatic rings. The zero-order chi connectivity index (χ0) is 18.5. The largest absolute Gasteiger partial charge is 0.489 e. The van der Waals surface area contributed by atoms with E-state index in [0.29, 0.717) is 29.0 Å². The fourth-order valence-electron chi connectivity index (χ4n) is 2.66. The van der Waals surface area contributed by atoms with Crippen LogP contribution in [0.25, 0.3) is 11.1 Å². The summed E-state index contributed by atoms with van der Waals surface area (Å²) in [4.78, 5) is 11.2. The second-order valence-electron chi connectivity index (χ2n) is 5.83. The van der Waals surface area contributed by atoms with Crippen molar-refractivity contribution in [2.45, 2.75) is 13.0 Å². The SMILES string of the molecule is O=C(O)Cc1cc(-c2cc(F)cc(F)c2)ccc1OCc1ccccc1. The van der Waals surface area contributed by atoms with E-state index in [-0.39, 0.29) is 6.42 Å². The number of rotatable bonds is 6. The van der Waals surface area contributed by atoms with Crippen molar-refractivity contribution in [1.82, 2.24) is 0 Å². The number of hydrogen-bond acceptors (Lipinski definition) is 2. The maximum absolute atomic E-state index is 13.5. The summed E-state index contributed by atoms with van der Waals surface area (Å²) in [5.41, 5.74) is 2.25. The molecule has 0 heterocycles. The van der Waals surface area contributed by atoms with E-state index in [0.717, 1.165) is 11.6 Å². The van der Waals surface area contributed by atoms with Gasteiger partial charge in [-0.25, -0.2) is 8.78 Å². The molecule has 0 radical (unpaired) electrons. The summed E-state index contributed by atoms with van der Waals surface area (Å²) in [5, 5.41) is 9.15. The van der Waals surface area contributed by atoms with Crippen LogP contribution in [0.5, 0.6) is 5.75 Å². The molecule has 0 saturated heterocycles. The number of carboxylic acid groups (broad SMARTS) is 1. The lowest BCUT2D eigenvalue weighted by molar-refractivity contribution is -0.136. The molecule has 26 heavy (non-hydrogen) atoms. The Balaban J connectivity index is 1.91. The second-order valence-corrected chi connectivity index (χ2v) is 5.83. The Bertz CT molecular complexity index is 904. The van der Waals surface area contributed by atoms with Crippen LogP contribution in [0.2, 0.25) is 0 Å². The lowest BCUT2D eigenvalue weighted by Crippen LogP contribution is -2.04. The highest BCUT2D eigenvalue weighted by Gasteiger charge is 2.12. The highest BCUT2D eigenvalue weighted by molar-refractivity contribution is 5.74. The number of halogens is 2. The van der Waals surface area contributed by atoms with Gasteiger partial charge in [0.15, 0.2) is 0 Å². The number of hydrogen-bond donors (Lipinski definition) is 1. The summed E-state index contributed by atoms with van der Waals surface area (Å²) in [6, 6.07) is 17.5. The molecule has 0 fully saturated rings. The Morgan fingerprint density at radius 3 is 2.23 bits per heavy atom. The zero-order valence-electron chi connectivity index (χ0n) is 13.8. The van der Waals surface area contributed by atoms with Crippen LogP contribution in [0.3, 0.4) is 0 Å². The molecule has 3 rings (SSSR count). The van der Waals surface area contributed by atoms with Gasteiger partial charge in [-0.1, -0.05) is 36.4 Å². The minimum atomic E-state index is -1.02. The van der Waals surface area contributed by atoms with Gasteiger partial charge >= 0.3 is 5.97 Å². The van der Waals surface area contributed by atoms with Gasteiger partial charge < -0.3 is 9.84 Å². The molecular formula is C21H16F2O3. The molecule has 0 atom stereocenters. The predicted molar refractivity (Wildman–Crippen MR) is 93.9 cm³/mol. The van der Waals surface area contributed by atoms with E-state index in [9.17, 15) is 13.6 Å². The molecule has 1 N–H and O–H groups in total. The van der Waals surface area contributed by atoms with Crippen molar-refractivity contribution in [2.24, 2.45) is 0 Å². The molecule has 3 nitrogen and oxygen atoms in total. The molecule has 0 saturated carbocycles. The third kappa shape index (κ3) is 4.45. The van der Waals surface area contributed by atoms with Crippen LogP contribution in [0.1, 0.15) is 11.1 Å². The highest BCUT2D eigenvalue weighted by Crippen LogP contribution is 2.29. The van der Waals surface area contributed by atoms with Crippen LogP contribution in [0.4, 0.5) is 8.78 Å². The Morgan fingerprint density at radius 2 is 1.58 bits per heavy atom. The van der Waals surface area contributed by atoms with Crippen molar-refractivity contribution < 1.29 is 23.4 Å². The normalized spacial score (nSPS) is 10.5. The molecule has 0 spiro atoms. The Labute approximate surface area is 149 Å². The smallest absolute Gasteiger partial charge is 0.307 e. The summed E-state index contributed by atoms with van der Waals surface area (Å²) >= 11 is 0. The first-order chi connectivity index (χ1) is 12.5. The van der Waals surface area contributed by atoms with Gasteiger partial charge in [0.2, 0.25) is 0 Å². The van der Waals surface area contributed by atoms with E-state index in [1.54, 1.807) is 18.2 Å². The first-order valence-electron chi connectivity index (χ1n) is 7.99. The average molecular weight is 354 g/mol. The van der Waals surface area contributed by atoms with Crippen LogP contribution in [-0.2, 0) is 17.8 Å². The minimum absolute atomic E-state index is 0.254. The molecule has 5 heteroatoms. The van der Waals surface area contributed by atoms with Crippen molar-refractivity contribution in [3.8, 4) is 16.9 Å². The van der Waals surface area contributed by atoms with Gasteiger partial charge in [-0.2, -0.15) is 0 Å². The fourth-order valence-corrected chi connectivity index (χ4v) is 2.66. The molecule has 0 bridgehead atoms. The van der Waals surface area contributed by atoms with Crippen molar-refractivity contribution in [3.05, 3.63) is 89.5 Å². The molecule has 0 aliphatic heterocycles. The standard InChI is InChI=1S/C21H16F2O3/c22-18-9-16(10-19(23)12-18)15-6-7-20(17(8-15)11-21(24)25)26-13-14-4-2-1-3-5-14/h1-10,12H,11,13H2,(H,24,25). The average Bonchev–Trinajstić information content (AvgIpc) is 2.60. The topological polar surface area (TPSA) is 46.5 Å². The zero-order valence-corrected chi connectivity index (χ0v) is 13.8. The van der Waals surface area contributed by atoms with Crippen molar-refractivity contribution in [2.75, 3.05) is 0 Å². The van der Waals surface area contributed by atoms with Gasteiger partial charge in [0.05, 0.1) is 6.42 Å². The second kappa shape index (κ2) is 7.78. The first-order valence-corrected chi connectivity index (χ1v) is 7.99. The van der Waals surface area contributed by atoms with Gasteiger partial charge in [-0.3, -0.25) is 4.79 Å². The number of carboxylic acids is 1. The Morgan fingerprint density at radius 1 is 0.885 bits per heavy atom. The Hall–Kier alpha value is -3.21. The minimum Gasteiger partial charge on any atom is -0.489 e. The molecule has 3 aromatic carbocycles. The number of aliphatic carboxylic acids is 1. The van der Waals surface area contributed by atoms with Gasteiger partial charge in [-0.15, -0.1) is 0 Å². The maximum Gasteiger partial charge on any atom is 0.307 e. The summed E-state index contributed by atoms with van der Waals surface area (Å²) in [6.45, 7) is 0.293. The molecule has 132 valence electrons. The van der Waals surface area contributed by atoms with Gasteiger partial charge in [-0.05, 0) is 41.0 Å². The van der Waals surface area contributed by atoms with E-state index >= 15 is 0 Å². The van der Waals surface area contributed by atoms with E-state index < -0.39 is 17.6 Å². The van der Waals surface area contributed by atoms with Crippen molar-refractivity contribution in [3.63, 3.8) is 0 Å². The quantitative estimate of drug-likeness (QED) is 0.689. The Kier molecular flexibility index (Phi) is 5.27. The van der Waals surface area contributed by atoms with Crippen LogP contribution >= 0.6 is 0 Å². The van der Waals surface area contributed by atoms with E-state index in [2.05, 4.69) is 0 Å². The number of carbonyl (C=O) groups is 1. The molecule has 0 amide bonds. The number of benzene rings is 3. The van der Waals surface area contributed by atoms with E-state index in [1.807, 2.05) is 30.3 Å². The van der Waals surface area contributed by atoms with Crippen molar-refractivity contribution in [1.29, 1.82) is 0 Å². The van der Waals surface area contributed by atoms with Gasteiger partial charge in [0.1, 0.15) is 24.0 Å². The van der Waals surface area contributed by atoms with Crippen LogP contribution in [0, 0.1) is 11.6 Å². The van der Waals surface area contributed by atoms with Gasteiger partial charge in [0, 0.05) is 11.6 Å². The van der Waals surface area contributed by atoms with Crippen molar-refractivity contribution >= 4 is 5.97 Å². The van der Waals surface area contributed by atoms with Crippen LogP contribution in [0.15, 0.2) is 66.7 Å². The van der Waals surface area contributed by atoms with E-state index in [1.165, 1.54) is 12.1 Å². The summed E-state index contributed by atoms with van der Waals surface area (Å²) < 4.78 is 32.7. The molecule has 0 aromatic heterocycles. The summed E-state index contributed by atoms with van der Waals surface area (Å²) in [6.07, 6.45) is -0.254. The highest BCUT2D eigenvalue weighted by atomic mass is 19.1. The van der Waals surface area contributed by atoms with E-state index in [4.69, 9.17) is 9.84 Å². The van der Waals surface area contributed by atoms with Gasteiger partial charge in [0.25, 0.3) is 0 Å². The molecule has 0 unspecified atom stereocenters. The summed E-state index contributed by atoms with van der Waals surface area (Å²) in [5.74, 6) is -1.97.